The number of hydrogen-bond donors (Lipinski definition) is 0. The number of hydrogen-bond acceptors (Lipinski definition) is 6. The Morgan fingerprint density at radius 3 is 2.39 bits per heavy atom. The van der Waals surface area contributed by atoms with Crippen molar-refractivity contribution in [1.29, 1.82) is 0 Å². The molecule has 0 atom stereocenters. The summed E-state index contributed by atoms with van der Waals surface area (Å²) in [7, 11) is 0. The lowest BCUT2D eigenvalue weighted by Crippen LogP contribution is -2.19. The van der Waals surface area contributed by atoms with E-state index in [1.54, 1.807) is 4.68 Å². The molecule has 0 bridgehead atoms. The second-order valence-electron chi connectivity index (χ2n) is 8.47. The molecule has 0 saturated carbocycles. The van der Waals surface area contributed by atoms with Gasteiger partial charge in [0.25, 0.3) is 5.91 Å². The van der Waals surface area contributed by atoms with E-state index < -0.39 is 23.2 Å². The SMILES string of the molecule is CCCCn1nc(C(C)(C)C)s/c1=N\C(=O)c1cc(C(F)(F)F)ccc1O/N=C(\C)C(C)=O. The molecule has 0 aliphatic heterocycles. The topological polar surface area (TPSA) is 85.9 Å². The van der Waals surface area contributed by atoms with Crippen LogP contribution in [-0.2, 0) is 22.9 Å². The summed E-state index contributed by atoms with van der Waals surface area (Å²) in [5, 5.41) is 8.89. The highest BCUT2D eigenvalue weighted by molar-refractivity contribution is 7.09. The Bertz CT molecular complexity index is 1130. The average molecular weight is 485 g/mol. The van der Waals surface area contributed by atoms with Gasteiger partial charge in [-0.05, 0) is 31.5 Å². The van der Waals surface area contributed by atoms with Gasteiger partial charge in [-0.3, -0.25) is 9.59 Å². The van der Waals surface area contributed by atoms with E-state index in [4.69, 9.17) is 4.84 Å². The fraction of sp³-hybridized carbons (Fsp3) is 0.500. The molecule has 0 saturated heterocycles. The lowest BCUT2D eigenvalue weighted by Gasteiger charge is -2.12. The largest absolute Gasteiger partial charge is 0.416 e. The lowest BCUT2D eigenvalue weighted by molar-refractivity contribution is -0.137. The molecule has 0 unspecified atom stereocenters. The molecule has 2 aromatic rings. The zero-order chi connectivity index (χ0) is 25.0. The van der Waals surface area contributed by atoms with Crippen molar-refractivity contribution >= 4 is 28.7 Å². The highest BCUT2D eigenvalue weighted by atomic mass is 32.1. The van der Waals surface area contributed by atoms with Gasteiger partial charge in [-0.2, -0.15) is 23.3 Å². The molecule has 0 N–H and O–H groups in total. The van der Waals surface area contributed by atoms with Gasteiger partial charge in [-0.25, -0.2) is 4.68 Å². The van der Waals surface area contributed by atoms with Gasteiger partial charge in [0, 0.05) is 18.9 Å². The number of halogens is 3. The third kappa shape index (κ3) is 7.08. The quantitative estimate of drug-likeness (QED) is 0.402. The van der Waals surface area contributed by atoms with Crippen molar-refractivity contribution in [2.75, 3.05) is 0 Å². The maximum atomic E-state index is 13.3. The lowest BCUT2D eigenvalue weighted by atomic mass is 9.98. The number of unbranched alkanes of at least 4 members (excludes halogenated alkanes) is 1. The van der Waals surface area contributed by atoms with Crippen LogP contribution in [0, 0.1) is 0 Å². The molecule has 1 aromatic heterocycles. The average Bonchev–Trinajstić information content (AvgIpc) is 3.12. The minimum Gasteiger partial charge on any atom is -0.356 e. The van der Waals surface area contributed by atoms with E-state index >= 15 is 0 Å². The Balaban J connectivity index is 2.61. The molecule has 1 heterocycles. The van der Waals surface area contributed by atoms with Crippen molar-refractivity contribution in [3.8, 4) is 5.75 Å². The van der Waals surface area contributed by atoms with Crippen LogP contribution in [0.25, 0.3) is 0 Å². The van der Waals surface area contributed by atoms with Crippen molar-refractivity contribution in [3.63, 3.8) is 0 Å². The van der Waals surface area contributed by atoms with E-state index in [1.165, 1.54) is 25.2 Å². The van der Waals surface area contributed by atoms with Gasteiger partial charge < -0.3 is 4.84 Å². The number of alkyl halides is 3. The number of amides is 1. The van der Waals surface area contributed by atoms with Crippen LogP contribution in [0.3, 0.4) is 0 Å². The summed E-state index contributed by atoms with van der Waals surface area (Å²) in [6.45, 7) is 11.1. The minimum atomic E-state index is -4.67. The molecule has 0 radical (unpaired) electrons. The van der Waals surface area contributed by atoms with Crippen LogP contribution >= 0.6 is 11.3 Å². The summed E-state index contributed by atoms with van der Waals surface area (Å²) in [5.41, 5.74) is -1.74. The van der Waals surface area contributed by atoms with E-state index in [-0.39, 0.29) is 27.5 Å². The first-order chi connectivity index (χ1) is 15.2. The van der Waals surface area contributed by atoms with E-state index in [0.717, 1.165) is 30.0 Å². The Hall–Kier alpha value is -2.82. The predicted molar refractivity (Wildman–Crippen MR) is 119 cm³/mol. The molecule has 0 spiro atoms. The Kier molecular flexibility index (Phi) is 8.34. The Morgan fingerprint density at radius 1 is 1.18 bits per heavy atom. The first-order valence-corrected chi connectivity index (χ1v) is 11.2. The molecule has 11 heteroatoms. The Morgan fingerprint density at radius 2 is 1.85 bits per heavy atom. The first kappa shape index (κ1) is 26.4. The highest BCUT2D eigenvalue weighted by Gasteiger charge is 2.32. The second kappa shape index (κ2) is 10.4. The van der Waals surface area contributed by atoms with Crippen molar-refractivity contribution in [2.24, 2.45) is 10.1 Å². The molecule has 0 aliphatic carbocycles. The van der Waals surface area contributed by atoms with E-state index in [9.17, 15) is 22.8 Å². The van der Waals surface area contributed by atoms with Gasteiger partial charge in [0.15, 0.2) is 11.5 Å². The number of nitrogens with zero attached hydrogens (tertiary/aromatic N) is 4. The summed E-state index contributed by atoms with van der Waals surface area (Å²) < 4.78 is 41.4. The number of carbonyl (C=O) groups excluding carboxylic acids is 2. The summed E-state index contributed by atoms with van der Waals surface area (Å²) >= 11 is 1.21. The molecule has 180 valence electrons. The van der Waals surface area contributed by atoms with Gasteiger partial charge >= 0.3 is 6.18 Å². The fourth-order valence-corrected chi connectivity index (χ4v) is 3.42. The summed E-state index contributed by atoms with van der Waals surface area (Å²) in [6, 6.07) is 2.43. The van der Waals surface area contributed by atoms with E-state index in [0.29, 0.717) is 12.6 Å². The molecule has 33 heavy (non-hydrogen) atoms. The number of benzene rings is 1. The molecule has 7 nitrogen and oxygen atoms in total. The summed E-state index contributed by atoms with van der Waals surface area (Å²) in [4.78, 5) is 33.9. The minimum absolute atomic E-state index is 0.0000751. The normalized spacial score (nSPS) is 13.4. The molecular weight excluding hydrogens is 457 g/mol. The molecule has 1 aromatic carbocycles. The highest BCUT2D eigenvalue weighted by Crippen LogP contribution is 2.33. The van der Waals surface area contributed by atoms with Crippen molar-refractivity contribution in [1.82, 2.24) is 9.78 Å². The number of aryl methyl sites for hydroxylation is 1. The molecule has 0 fully saturated rings. The predicted octanol–water partition coefficient (Wildman–Crippen LogP) is 5.15. The van der Waals surface area contributed by atoms with Crippen molar-refractivity contribution in [2.45, 2.75) is 72.5 Å². The van der Waals surface area contributed by atoms with E-state index in [1.807, 2.05) is 27.7 Å². The molecule has 0 aliphatic rings. The second-order valence-corrected chi connectivity index (χ2v) is 9.42. The third-order valence-corrected chi connectivity index (χ3v) is 5.88. The van der Waals surface area contributed by atoms with Gasteiger partial charge in [0.2, 0.25) is 4.80 Å². The van der Waals surface area contributed by atoms with Crippen molar-refractivity contribution in [3.05, 3.63) is 39.1 Å². The molecular formula is C22H27F3N4O3S. The zero-order valence-electron chi connectivity index (χ0n) is 19.4. The smallest absolute Gasteiger partial charge is 0.356 e. The van der Waals surface area contributed by atoms with Gasteiger partial charge in [0.05, 0.1) is 11.1 Å². The first-order valence-electron chi connectivity index (χ1n) is 10.3. The van der Waals surface area contributed by atoms with Crippen molar-refractivity contribution < 1.29 is 27.6 Å². The fourth-order valence-electron chi connectivity index (χ4n) is 2.43. The standard InChI is InChI=1S/C22H27F3N4O3S/c1-7-8-11-29-20(33-19(27-29)21(4,5)6)26-18(31)16-12-15(22(23,24)25)9-10-17(16)32-28-13(2)14(3)30/h9-10,12H,7-8,11H2,1-6H3/b26-20-,28-13+. The van der Waals surface area contributed by atoms with Gasteiger partial charge in [-0.15, -0.1) is 0 Å². The number of ketones is 1. The van der Waals surface area contributed by atoms with Crippen LogP contribution in [0.4, 0.5) is 13.2 Å². The number of aromatic nitrogens is 2. The summed E-state index contributed by atoms with van der Waals surface area (Å²) in [6.07, 6.45) is -2.98. The van der Waals surface area contributed by atoms with Gasteiger partial charge in [-0.1, -0.05) is 50.6 Å². The summed E-state index contributed by atoms with van der Waals surface area (Å²) in [5.74, 6) is -1.55. The Labute approximate surface area is 194 Å². The van der Waals surface area contributed by atoms with Crippen LogP contribution < -0.4 is 9.64 Å². The maximum absolute atomic E-state index is 13.3. The van der Waals surface area contributed by atoms with Crippen LogP contribution in [0.5, 0.6) is 5.75 Å². The number of carbonyl (C=O) groups is 2. The van der Waals surface area contributed by atoms with Gasteiger partial charge in [0.1, 0.15) is 10.7 Å². The van der Waals surface area contributed by atoms with Crippen LogP contribution in [0.15, 0.2) is 28.3 Å². The number of oxime groups is 1. The van der Waals surface area contributed by atoms with Crippen LogP contribution in [-0.4, -0.2) is 27.2 Å². The van der Waals surface area contributed by atoms with E-state index in [2.05, 4.69) is 15.2 Å². The zero-order valence-corrected chi connectivity index (χ0v) is 20.2. The molecule has 1 amide bonds. The molecule has 2 rings (SSSR count). The monoisotopic (exact) mass is 484 g/mol. The third-order valence-electron chi connectivity index (χ3n) is 4.51. The maximum Gasteiger partial charge on any atom is 0.416 e. The number of Topliss-reactive ketones (excluding diaryl/α,β-unsaturated/α-hetero) is 1. The number of rotatable bonds is 7. The van der Waals surface area contributed by atoms with Crippen LogP contribution in [0.1, 0.15) is 75.3 Å². The van der Waals surface area contributed by atoms with Crippen LogP contribution in [0.2, 0.25) is 0 Å².